The molecule has 6 nitrogen and oxygen atoms in total. The van der Waals surface area contributed by atoms with Gasteiger partial charge in [-0.05, 0) is 48.4 Å². The Kier molecular flexibility index (Phi) is 7.04. The normalized spacial score (nSPS) is 11.2. The van der Waals surface area contributed by atoms with Gasteiger partial charge in [0.25, 0.3) is 5.91 Å². The van der Waals surface area contributed by atoms with Crippen molar-refractivity contribution in [2.75, 3.05) is 12.4 Å². The third-order valence-corrected chi connectivity index (χ3v) is 6.16. The van der Waals surface area contributed by atoms with E-state index >= 15 is 0 Å². The number of nitrogens with one attached hydrogen (secondary N) is 2. The summed E-state index contributed by atoms with van der Waals surface area (Å²) in [6.07, 6.45) is 0.852. The molecule has 1 amide bonds. The number of carbonyl (C=O) groups excluding carboxylic acids is 1. The predicted molar refractivity (Wildman–Crippen MR) is 117 cm³/mol. The van der Waals surface area contributed by atoms with E-state index in [-0.39, 0.29) is 17.0 Å². The number of halogens is 1. The number of anilines is 1. The molecule has 0 saturated heterocycles. The number of amides is 1. The second-order valence-electron chi connectivity index (χ2n) is 6.78. The Balaban J connectivity index is 1.79. The Labute approximate surface area is 181 Å². The summed E-state index contributed by atoms with van der Waals surface area (Å²) in [6, 6.07) is 17.2. The zero-order valence-corrected chi connectivity index (χ0v) is 18.0. The molecule has 0 atom stereocenters. The van der Waals surface area contributed by atoms with Crippen molar-refractivity contribution in [3.8, 4) is 5.75 Å². The highest BCUT2D eigenvalue weighted by Crippen LogP contribution is 2.20. The molecule has 0 bridgehead atoms. The number of aryl methyl sites for hydroxylation is 1. The van der Waals surface area contributed by atoms with Crippen LogP contribution in [0.1, 0.15) is 28.4 Å². The predicted octanol–water partition coefficient (Wildman–Crippen LogP) is 4.13. The molecule has 3 rings (SSSR count). The maximum atomic E-state index is 14.3. The zero-order valence-electron chi connectivity index (χ0n) is 17.2. The van der Waals surface area contributed by atoms with Crippen molar-refractivity contribution >= 4 is 21.6 Å². The van der Waals surface area contributed by atoms with Crippen LogP contribution < -0.4 is 14.8 Å². The zero-order chi connectivity index (χ0) is 22.4. The smallest absolute Gasteiger partial charge is 0.258 e. The first-order valence-corrected chi connectivity index (χ1v) is 11.1. The Morgan fingerprint density at radius 3 is 2.42 bits per heavy atom. The molecular formula is C23H23FN2O4S. The van der Waals surface area contributed by atoms with Crippen molar-refractivity contribution in [2.45, 2.75) is 24.8 Å². The van der Waals surface area contributed by atoms with Crippen LogP contribution in [0.25, 0.3) is 0 Å². The standard InChI is InChI=1S/C23H23FN2O4S/c1-3-16-8-10-18(11-9-16)26-23(27)20-14-19(12-13-21(20)24)31(28,29)25-15-17-6-4-5-7-22(17)30-2/h4-14,25H,3,15H2,1-2H3,(H,26,27). The first-order valence-electron chi connectivity index (χ1n) is 9.65. The van der Waals surface area contributed by atoms with Gasteiger partial charge in [-0.25, -0.2) is 17.5 Å². The largest absolute Gasteiger partial charge is 0.496 e. The van der Waals surface area contributed by atoms with Crippen LogP contribution in [-0.4, -0.2) is 21.4 Å². The van der Waals surface area contributed by atoms with Crippen LogP contribution >= 0.6 is 0 Å². The monoisotopic (exact) mass is 442 g/mol. The van der Waals surface area contributed by atoms with Crippen LogP contribution in [-0.2, 0) is 23.0 Å². The summed E-state index contributed by atoms with van der Waals surface area (Å²) in [5.41, 5.74) is 1.87. The molecule has 0 aliphatic heterocycles. The number of ether oxygens (including phenoxy) is 1. The lowest BCUT2D eigenvalue weighted by atomic mass is 10.1. The van der Waals surface area contributed by atoms with Gasteiger partial charge in [0.15, 0.2) is 0 Å². The second-order valence-corrected chi connectivity index (χ2v) is 8.55. The number of sulfonamides is 1. The van der Waals surface area contributed by atoms with Gasteiger partial charge >= 0.3 is 0 Å². The molecule has 3 aromatic carbocycles. The van der Waals surface area contributed by atoms with Gasteiger partial charge in [0.1, 0.15) is 11.6 Å². The van der Waals surface area contributed by atoms with E-state index in [2.05, 4.69) is 10.0 Å². The summed E-state index contributed by atoms with van der Waals surface area (Å²) >= 11 is 0. The lowest BCUT2D eigenvalue weighted by Gasteiger charge is -2.12. The molecule has 0 aliphatic carbocycles. The fourth-order valence-corrected chi connectivity index (χ4v) is 4.01. The molecule has 0 fully saturated rings. The maximum absolute atomic E-state index is 14.3. The maximum Gasteiger partial charge on any atom is 0.258 e. The highest BCUT2D eigenvalue weighted by atomic mass is 32.2. The lowest BCUT2D eigenvalue weighted by Crippen LogP contribution is -2.24. The van der Waals surface area contributed by atoms with Crippen molar-refractivity contribution in [3.05, 3.63) is 89.2 Å². The van der Waals surface area contributed by atoms with Crippen LogP contribution in [0, 0.1) is 5.82 Å². The van der Waals surface area contributed by atoms with Gasteiger partial charge in [-0.1, -0.05) is 37.3 Å². The summed E-state index contributed by atoms with van der Waals surface area (Å²) in [7, 11) is -2.50. The minimum atomic E-state index is -3.99. The molecule has 0 unspecified atom stereocenters. The van der Waals surface area contributed by atoms with Gasteiger partial charge in [0, 0.05) is 17.8 Å². The quantitative estimate of drug-likeness (QED) is 0.549. The fourth-order valence-electron chi connectivity index (χ4n) is 2.97. The van der Waals surface area contributed by atoms with Gasteiger partial charge in [-0.15, -0.1) is 0 Å². The summed E-state index contributed by atoms with van der Waals surface area (Å²) in [6.45, 7) is 1.99. The number of para-hydroxylation sites is 1. The number of benzene rings is 3. The van der Waals surface area contributed by atoms with Crippen LogP contribution in [0.5, 0.6) is 5.75 Å². The van der Waals surface area contributed by atoms with Crippen molar-refractivity contribution in [2.24, 2.45) is 0 Å². The minimum absolute atomic E-state index is 0.0188. The van der Waals surface area contributed by atoms with Crippen molar-refractivity contribution in [3.63, 3.8) is 0 Å². The van der Waals surface area contributed by atoms with Crippen LogP contribution in [0.2, 0.25) is 0 Å². The molecule has 162 valence electrons. The van der Waals surface area contributed by atoms with Crippen molar-refractivity contribution in [1.29, 1.82) is 0 Å². The SMILES string of the molecule is CCc1ccc(NC(=O)c2cc(S(=O)(=O)NCc3ccccc3OC)ccc2F)cc1. The molecule has 8 heteroatoms. The first-order chi connectivity index (χ1) is 14.8. The average Bonchev–Trinajstić information content (AvgIpc) is 2.78. The van der Waals surface area contributed by atoms with E-state index < -0.39 is 21.7 Å². The molecule has 0 aromatic heterocycles. The summed E-state index contributed by atoms with van der Waals surface area (Å²) in [5.74, 6) is -1.01. The summed E-state index contributed by atoms with van der Waals surface area (Å²) in [5, 5.41) is 2.59. The van der Waals surface area contributed by atoms with Crippen LogP contribution in [0.3, 0.4) is 0 Å². The van der Waals surface area contributed by atoms with E-state index in [4.69, 9.17) is 4.74 Å². The van der Waals surface area contributed by atoms with Crippen LogP contribution in [0.4, 0.5) is 10.1 Å². The van der Waals surface area contributed by atoms with E-state index in [1.807, 2.05) is 19.1 Å². The number of carbonyl (C=O) groups is 1. The van der Waals surface area contributed by atoms with E-state index in [1.54, 1.807) is 36.4 Å². The Morgan fingerprint density at radius 1 is 1.03 bits per heavy atom. The third kappa shape index (κ3) is 5.48. The molecule has 2 N–H and O–H groups in total. The molecular weight excluding hydrogens is 419 g/mol. The molecule has 0 spiro atoms. The van der Waals surface area contributed by atoms with E-state index in [1.165, 1.54) is 7.11 Å². The number of hydrogen-bond acceptors (Lipinski definition) is 4. The van der Waals surface area contributed by atoms with Crippen molar-refractivity contribution in [1.82, 2.24) is 4.72 Å². The number of hydrogen-bond donors (Lipinski definition) is 2. The topological polar surface area (TPSA) is 84.5 Å². The third-order valence-electron chi connectivity index (χ3n) is 4.76. The fraction of sp³-hybridized carbons (Fsp3) is 0.174. The van der Waals surface area contributed by atoms with Gasteiger partial charge in [0.2, 0.25) is 10.0 Å². The Hall–Kier alpha value is -3.23. The van der Waals surface area contributed by atoms with Gasteiger partial charge in [-0.2, -0.15) is 0 Å². The minimum Gasteiger partial charge on any atom is -0.496 e. The van der Waals surface area contributed by atoms with Crippen molar-refractivity contribution < 1.29 is 22.3 Å². The molecule has 0 saturated carbocycles. The lowest BCUT2D eigenvalue weighted by molar-refractivity contribution is 0.102. The van der Waals surface area contributed by atoms with E-state index in [0.29, 0.717) is 17.0 Å². The molecule has 31 heavy (non-hydrogen) atoms. The number of methoxy groups -OCH3 is 1. The molecule has 3 aromatic rings. The average molecular weight is 443 g/mol. The molecule has 0 radical (unpaired) electrons. The van der Waals surface area contributed by atoms with E-state index in [9.17, 15) is 17.6 Å². The molecule has 0 aliphatic rings. The summed E-state index contributed by atoms with van der Waals surface area (Å²) < 4.78 is 47.4. The first kappa shape index (κ1) is 22.5. The molecule has 0 heterocycles. The van der Waals surface area contributed by atoms with Gasteiger partial charge < -0.3 is 10.1 Å². The summed E-state index contributed by atoms with van der Waals surface area (Å²) in [4.78, 5) is 12.3. The van der Waals surface area contributed by atoms with Gasteiger partial charge in [-0.3, -0.25) is 4.79 Å². The van der Waals surface area contributed by atoms with Gasteiger partial charge in [0.05, 0.1) is 17.6 Å². The van der Waals surface area contributed by atoms with E-state index in [0.717, 1.165) is 30.2 Å². The van der Waals surface area contributed by atoms with Crippen LogP contribution in [0.15, 0.2) is 71.6 Å². The Morgan fingerprint density at radius 2 is 1.74 bits per heavy atom. The number of rotatable bonds is 8. The second kappa shape index (κ2) is 9.72. The Bertz CT molecular complexity index is 1180. The highest BCUT2D eigenvalue weighted by molar-refractivity contribution is 7.89. The highest BCUT2D eigenvalue weighted by Gasteiger charge is 2.20.